The number of rotatable bonds is 10. The largest absolute Gasteiger partial charge is 0.497 e. The van der Waals surface area contributed by atoms with Gasteiger partial charge in [0.1, 0.15) is 24.6 Å². The number of amides is 1. The molecular formula is C17H28N3O6S+. The highest BCUT2D eigenvalue weighted by Crippen LogP contribution is 2.24. The van der Waals surface area contributed by atoms with Crippen molar-refractivity contribution in [2.45, 2.75) is 0 Å². The topological polar surface area (TPSA) is 107 Å². The lowest BCUT2D eigenvalue weighted by atomic mass is 10.2. The fraction of sp³-hybridized carbons (Fsp3) is 0.588. The molecule has 152 valence electrons. The third kappa shape index (κ3) is 6.98. The van der Waals surface area contributed by atoms with Crippen LogP contribution < -0.4 is 24.4 Å². The third-order valence-corrected chi connectivity index (χ3v) is 5.70. The first-order valence-electron chi connectivity index (χ1n) is 8.84. The number of ether oxygens (including phenoxy) is 3. The Morgan fingerprint density at radius 3 is 2.59 bits per heavy atom. The predicted molar refractivity (Wildman–Crippen MR) is 100 cm³/mol. The van der Waals surface area contributed by atoms with Crippen molar-refractivity contribution < 1.29 is 32.3 Å². The van der Waals surface area contributed by atoms with Gasteiger partial charge < -0.3 is 24.4 Å². The van der Waals surface area contributed by atoms with E-state index in [1.807, 2.05) is 0 Å². The molecule has 0 spiro atoms. The lowest BCUT2D eigenvalue weighted by molar-refractivity contribution is -0.906. The molecule has 0 saturated carbocycles. The van der Waals surface area contributed by atoms with Gasteiger partial charge in [-0.15, -0.1) is 0 Å². The van der Waals surface area contributed by atoms with Gasteiger partial charge >= 0.3 is 0 Å². The quantitative estimate of drug-likeness (QED) is 0.429. The van der Waals surface area contributed by atoms with Crippen LogP contribution in [0.2, 0.25) is 0 Å². The Kier molecular flexibility index (Phi) is 8.29. The number of sulfonamides is 1. The Balaban J connectivity index is 1.76. The minimum atomic E-state index is -3.45. The summed E-state index contributed by atoms with van der Waals surface area (Å²) in [5, 5.41) is 2.61. The molecule has 1 saturated heterocycles. The van der Waals surface area contributed by atoms with E-state index in [0.29, 0.717) is 36.8 Å². The Hall–Kier alpha value is -1.88. The number of benzene rings is 1. The number of morpholine rings is 1. The monoisotopic (exact) mass is 402 g/mol. The minimum Gasteiger partial charge on any atom is -0.497 e. The second-order valence-corrected chi connectivity index (χ2v) is 8.07. The molecule has 1 amide bonds. The summed E-state index contributed by atoms with van der Waals surface area (Å²) in [5.74, 6) is 0.344. The molecule has 1 heterocycles. The number of nitrogens with one attached hydrogen (secondary N) is 3. The zero-order valence-electron chi connectivity index (χ0n) is 15.7. The number of quaternary nitrogens is 1. The first kappa shape index (κ1) is 21.4. The molecule has 0 unspecified atom stereocenters. The lowest BCUT2D eigenvalue weighted by Gasteiger charge is -2.23. The van der Waals surface area contributed by atoms with E-state index in [9.17, 15) is 13.2 Å². The summed E-state index contributed by atoms with van der Waals surface area (Å²) >= 11 is 0. The van der Waals surface area contributed by atoms with Gasteiger partial charge in [-0.2, -0.15) is 0 Å². The second-order valence-electron chi connectivity index (χ2n) is 6.15. The molecule has 1 aromatic rings. The molecule has 1 aliphatic rings. The Labute approximate surface area is 160 Å². The summed E-state index contributed by atoms with van der Waals surface area (Å²) in [4.78, 5) is 13.6. The highest BCUT2D eigenvalue weighted by atomic mass is 32.2. The number of hydrogen-bond acceptors (Lipinski definition) is 6. The second kappa shape index (κ2) is 10.5. The fourth-order valence-electron chi connectivity index (χ4n) is 2.75. The summed E-state index contributed by atoms with van der Waals surface area (Å²) in [5.41, 5.74) is 0.319. The van der Waals surface area contributed by atoms with Crippen molar-refractivity contribution in [2.75, 3.05) is 65.9 Å². The molecule has 0 radical (unpaired) electrons. The van der Waals surface area contributed by atoms with Gasteiger partial charge in [-0.25, -0.2) is 13.1 Å². The highest BCUT2D eigenvalue weighted by molar-refractivity contribution is 7.89. The lowest BCUT2D eigenvalue weighted by Crippen LogP contribution is -3.14. The summed E-state index contributed by atoms with van der Waals surface area (Å²) in [7, 11) is -0.472. The van der Waals surface area contributed by atoms with Gasteiger partial charge in [-0.05, 0) is 12.1 Å². The third-order valence-electron chi connectivity index (χ3n) is 4.31. The maximum Gasteiger partial charge on any atom is 0.255 e. The zero-order chi connectivity index (χ0) is 19.7. The van der Waals surface area contributed by atoms with Gasteiger partial charge in [0.15, 0.2) is 0 Å². The van der Waals surface area contributed by atoms with Crippen molar-refractivity contribution in [2.24, 2.45) is 0 Å². The van der Waals surface area contributed by atoms with Gasteiger partial charge in [0.25, 0.3) is 5.91 Å². The van der Waals surface area contributed by atoms with Crippen LogP contribution in [0.3, 0.4) is 0 Å². The first-order valence-corrected chi connectivity index (χ1v) is 10.5. The molecule has 27 heavy (non-hydrogen) atoms. The number of carbonyl (C=O) groups is 1. The van der Waals surface area contributed by atoms with E-state index >= 15 is 0 Å². The fourth-order valence-corrected chi connectivity index (χ4v) is 3.67. The van der Waals surface area contributed by atoms with Gasteiger partial charge in [0.05, 0.1) is 51.8 Å². The van der Waals surface area contributed by atoms with Gasteiger partial charge in [0.2, 0.25) is 10.0 Å². The number of hydrogen-bond donors (Lipinski definition) is 3. The average molecular weight is 402 g/mol. The highest BCUT2D eigenvalue weighted by Gasteiger charge is 2.17. The Morgan fingerprint density at radius 2 is 1.93 bits per heavy atom. The maximum atomic E-state index is 12.3. The van der Waals surface area contributed by atoms with Crippen LogP contribution in [0, 0.1) is 0 Å². The summed E-state index contributed by atoms with van der Waals surface area (Å²) in [6.45, 7) is 4.30. The van der Waals surface area contributed by atoms with E-state index < -0.39 is 15.9 Å². The van der Waals surface area contributed by atoms with Crippen LogP contribution in [0.1, 0.15) is 10.4 Å². The SMILES string of the molecule is COc1ccc(C(=O)NCCS(=O)(=O)NCC[NH+]2CCOCC2)c(OC)c1. The molecule has 1 aromatic carbocycles. The normalized spacial score (nSPS) is 15.3. The zero-order valence-corrected chi connectivity index (χ0v) is 16.6. The average Bonchev–Trinajstić information content (AvgIpc) is 2.67. The van der Waals surface area contributed by atoms with Crippen LogP contribution in [-0.2, 0) is 14.8 Å². The Morgan fingerprint density at radius 1 is 1.19 bits per heavy atom. The number of carbonyl (C=O) groups excluding carboxylic acids is 1. The van der Waals surface area contributed by atoms with Crippen LogP contribution in [0.15, 0.2) is 18.2 Å². The summed E-state index contributed by atoms with van der Waals surface area (Å²) < 4.78 is 42.2. The standard InChI is InChI=1S/C17H27N3O6S/c1-24-14-3-4-15(16(13-14)25-2)17(21)18-6-12-27(22,23)19-5-7-20-8-10-26-11-9-20/h3-4,13,19H,5-12H2,1-2H3,(H,18,21)/p+1. The molecular weight excluding hydrogens is 374 g/mol. The minimum absolute atomic E-state index is 0.00770. The number of methoxy groups -OCH3 is 2. The molecule has 0 aliphatic carbocycles. The van der Waals surface area contributed by atoms with Crippen molar-refractivity contribution in [3.8, 4) is 11.5 Å². The van der Waals surface area contributed by atoms with Crippen LogP contribution in [0.4, 0.5) is 0 Å². The molecule has 0 atom stereocenters. The maximum absolute atomic E-state index is 12.3. The van der Waals surface area contributed by atoms with Crippen molar-refractivity contribution in [1.82, 2.24) is 10.0 Å². The first-order chi connectivity index (χ1) is 12.9. The van der Waals surface area contributed by atoms with Crippen molar-refractivity contribution in [3.05, 3.63) is 23.8 Å². The van der Waals surface area contributed by atoms with E-state index in [-0.39, 0.29) is 12.3 Å². The van der Waals surface area contributed by atoms with Crippen LogP contribution in [0.25, 0.3) is 0 Å². The molecule has 9 nitrogen and oxygen atoms in total. The van der Waals surface area contributed by atoms with Crippen molar-refractivity contribution in [3.63, 3.8) is 0 Å². The summed E-state index contributed by atoms with van der Waals surface area (Å²) in [6.07, 6.45) is 0. The molecule has 3 N–H and O–H groups in total. The molecule has 10 heteroatoms. The van der Waals surface area contributed by atoms with E-state index in [4.69, 9.17) is 14.2 Å². The van der Waals surface area contributed by atoms with Crippen molar-refractivity contribution >= 4 is 15.9 Å². The van der Waals surface area contributed by atoms with Gasteiger partial charge in [0, 0.05) is 12.6 Å². The summed E-state index contributed by atoms with van der Waals surface area (Å²) in [6, 6.07) is 4.82. The van der Waals surface area contributed by atoms with Gasteiger partial charge in [-0.3, -0.25) is 4.79 Å². The molecule has 0 bridgehead atoms. The van der Waals surface area contributed by atoms with E-state index in [2.05, 4.69) is 10.0 Å². The van der Waals surface area contributed by atoms with Crippen molar-refractivity contribution in [1.29, 1.82) is 0 Å². The molecule has 0 aromatic heterocycles. The van der Waals surface area contributed by atoms with Crippen LogP contribution >= 0.6 is 0 Å². The molecule has 2 rings (SSSR count). The van der Waals surface area contributed by atoms with E-state index in [0.717, 1.165) is 19.6 Å². The van der Waals surface area contributed by atoms with E-state index in [1.54, 1.807) is 18.2 Å². The predicted octanol–water partition coefficient (Wildman–Crippen LogP) is -1.73. The molecule has 1 fully saturated rings. The van der Waals surface area contributed by atoms with Crippen LogP contribution in [0.5, 0.6) is 11.5 Å². The Bertz CT molecular complexity index is 719. The smallest absolute Gasteiger partial charge is 0.255 e. The van der Waals surface area contributed by atoms with Gasteiger partial charge in [-0.1, -0.05) is 0 Å². The van der Waals surface area contributed by atoms with E-state index in [1.165, 1.54) is 19.1 Å². The van der Waals surface area contributed by atoms with Crippen LogP contribution in [-0.4, -0.2) is 80.2 Å². The molecule has 1 aliphatic heterocycles.